The first-order chi connectivity index (χ1) is 9.61. The van der Waals surface area contributed by atoms with Gasteiger partial charge in [0.1, 0.15) is 0 Å². The average Bonchev–Trinajstić information content (AvgIpc) is 2.79. The number of para-hydroxylation sites is 1. The molecule has 2 rings (SSSR count). The van der Waals surface area contributed by atoms with Crippen LogP contribution in [0.2, 0.25) is 0 Å². The summed E-state index contributed by atoms with van der Waals surface area (Å²) in [6.45, 7) is 7.49. The maximum Gasteiger partial charge on any atom is 0.158 e. The molecule has 20 heavy (non-hydrogen) atoms. The molecule has 0 radical (unpaired) electrons. The molecule has 0 saturated heterocycles. The van der Waals surface area contributed by atoms with Crippen LogP contribution in [-0.4, -0.2) is 40.5 Å². The van der Waals surface area contributed by atoms with Crippen molar-refractivity contribution >= 4 is 11.4 Å². The fourth-order valence-electron chi connectivity index (χ4n) is 2.05. The van der Waals surface area contributed by atoms with E-state index in [1.165, 1.54) is 0 Å². The Labute approximate surface area is 121 Å². The first-order valence-electron chi connectivity index (χ1n) is 6.81. The molecular formula is C15H26N2O3. The molecule has 0 fully saturated rings. The Kier molecular flexibility index (Phi) is 8.79. The summed E-state index contributed by atoms with van der Waals surface area (Å²) in [6.07, 6.45) is -1.39. The molecule has 0 spiro atoms. The van der Waals surface area contributed by atoms with E-state index < -0.39 is 12.3 Å². The number of aliphatic hydroxyl groups is 3. The molecule has 0 amide bonds. The van der Waals surface area contributed by atoms with Crippen LogP contribution in [0.5, 0.6) is 0 Å². The van der Waals surface area contributed by atoms with Gasteiger partial charge in [0.05, 0.1) is 17.7 Å². The summed E-state index contributed by atoms with van der Waals surface area (Å²) in [6, 6.07) is 9.45. The van der Waals surface area contributed by atoms with Crippen molar-refractivity contribution in [1.29, 1.82) is 0 Å². The number of anilines is 1. The van der Waals surface area contributed by atoms with Crippen LogP contribution in [0.1, 0.15) is 27.7 Å². The van der Waals surface area contributed by atoms with Gasteiger partial charge in [-0.3, -0.25) is 0 Å². The van der Waals surface area contributed by atoms with E-state index in [9.17, 15) is 10.2 Å². The minimum atomic E-state index is -0.789. The predicted octanol–water partition coefficient (Wildman–Crippen LogP) is 1.83. The molecule has 0 aromatic heterocycles. The maximum absolute atomic E-state index is 10.1. The molecule has 3 unspecified atom stereocenters. The summed E-state index contributed by atoms with van der Waals surface area (Å²) in [4.78, 5) is 0. The number of nitrogens with zero attached hydrogens (tertiary/aromatic N) is 2. The molecule has 1 aliphatic heterocycles. The summed E-state index contributed by atoms with van der Waals surface area (Å²) in [5.41, 5.74) is 1.59. The van der Waals surface area contributed by atoms with Crippen LogP contribution in [0.25, 0.3) is 0 Å². The molecule has 114 valence electrons. The molecule has 0 bridgehead atoms. The number of hydrazone groups is 1. The highest BCUT2D eigenvalue weighted by atomic mass is 16.3. The summed E-state index contributed by atoms with van der Waals surface area (Å²) in [5, 5.41) is 32.5. The van der Waals surface area contributed by atoms with E-state index in [0.29, 0.717) is 0 Å². The predicted molar refractivity (Wildman–Crippen MR) is 82.7 cm³/mol. The second kappa shape index (κ2) is 9.47. The molecule has 1 aromatic rings. The van der Waals surface area contributed by atoms with E-state index in [-0.39, 0.29) is 5.92 Å². The fourth-order valence-corrected chi connectivity index (χ4v) is 2.05. The van der Waals surface area contributed by atoms with E-state index in [1.807, 2.05) is 51.1 Å². The quantitative estimate of drug-likeness (QED) is 0.773. The van der Waals surface area contributed by atoms with Gasteiger partial charge in [-0.15, -0.1) is 0 Å². The summed E-state index contributed by atoms with van der Waals surface area (Å²) in [7, 11) is 1.00. The average molecular weight is 282 g/mol. The Balaban J connectivity index is 0.000000829. The van der Waals surface area contributed by atoms with Gasteiger partial charge >= 0.3 is 0 Å². The molecular weight excluding hydrogens is 256 g/mol. The van der Waals surface area contributed by atoms with Gasteiger partial charge in [-0.05, 0) is 26.0 Å². The molecule has 0 aliphatic carbocycles. The zero-order valence-corrected chi connectivity index (χ0v) is 12.9. The lowest BCUT2D eigenvalue weighted by molar-refractivity contribution is 0.0635. The van der Waals surface area contributed by atoms with Crippen molar-refractivity contribution in [1.82, 2.24) is 0 Å². The van der Waals surface area contributed by atoms with Gasteiger partial charge in [0.2, 0.25) is 0 Å². The van der Waals surface area contributed by atoms with Gasteiger partial charge in [-0.2, -0.15) is 5.10 Å². The fraction of sp³-hybridized carbons (Fsp3) is 0.533. The smallest absolute Gasteiger partial charge is 0.158 e. The van der Waals surface area contributed by atoms with Gasteiger partial charge in [0, 0.05) is 12.8 Å². The van der Waals surface area contributed by atoms with Crippen LogP contribution < -0.4 is 5.01 Å². The second-order valence-electron chi connectivity index (χ2n) is 4.10. The van der Waals surface area contributed by atoms with Gasteiger partial charge in [-0.1, -0.05) is 32.0 Å². The molecule has 1 heterocycles. The maximum atomic E-state index is 10.1. The summed E-state index contributed by atoms with van der Waals surface area (Å²) in [5.74, 6) is -0.319. The van der Waals surface area contributed by atoms with Crippen molar-refractivity contribution in [2.24, 2.45) is 11.0 Å². The Morgan fingerprint density at radius 3 is 2.05 bits per heavy atom. The Morgan fingerprint density at radius 2 is 1.65 bits per heavy atom. The molecule has 5 nitrogen and oxygen atoms in total. The highest BCUT2D eigenvalue weighted by Crippen LogP contribution is 2.28. The third-order valence-corrected chi connectivity index (χ3v) is 2.86. The second-order valence-corrected chi connectivity index (χ2v) is 4.10. The normalized spacial score (nSPS) is 22.0. The van der Waals surface area contributed by atoms with Gasteiger partial charge in [0.15, 0.2) is 6.23 Å². The SMILES string of the molecule is CC.CC1=NN(c2ccccc2)C(O)C1C(C)O.CO. The number of hydrogen-bond donors (Lipinski definition) is 3. The lowest BCUT2D eigenvalue weighted by Gasteiger charge is -2.24. The van der Waals surface area contributed by atoms with Crippen molar-refractivity contribution in [2.75, 3.05) is 12.1 Å². The molecule has 3 N–H and O–H groups in total. The van der Waals surface area contributed by atoms with Crippen LogP contribution in [0.15, 0.2) is 35.4 Å². The van der Waals surface area contributed by atoms with E-state index in [1.54, 1.807) is 11.9 Å². The third-order valence-electron chi connectivity index (χ3n) is 2.86. The largest absolute Gasteiger partial charge is 0.400 e. The van der Waals surface area contributed by atoms with E-state index in [0.717, 1.165) is 18.5 Å². The van der Waals surface area contributed by atoms with Crippen molar-refractivity contribution in [3.05, 3.63) is 30.3 Å². The highest BCUT2D eigenvalue weighted by Gasteiger charge is 2.37. The van der Waals surface area contributed by atoms with Crippen LogP contribution in [-0.2, 0) is 0 Å². The van der Waals surface area contributed by atoms with Crippen LogP contribution in [0.4, 0.5) is 5.69 Å². The Morgan fingerprint density at radius 1 is 1.15 bits per heavy atom. The number of benzene rings is 1. The monoisotopic (exact) mass is 282 g/mol. The van der Waals surface area contributed by atoms with Crippen molar-refractivity contribution in [2.45, 2.75) is 40.0 Å². The first kappa shape index (κ1) is 18.6. The molecule has 3 atom stereocenters. The number of rotatable bonds is 2. The minimum Gasteiger partial charge on any atom is -0.400 e. The van der Waals surface area contributed by atoms with E-state index >= 15 is 0 Å². The van der Waals surface area contributed by atoms with Gasteiger partial charge in [-0.25, -0.2) is 5.01 Å². The highest BCUT2D eigenvalue weighted by molar-refractivity contribution is 5.89. The van der Waals surface area contributed by atoms with Crippen LogP contribution >= 0.6 is 0 Å². The summed E-state index contributed by atoms with van der Waals surface area (Å²) < 4.78 is 0. The van der Waals surface area contributed by atoms with Gasteiger partial charge < -0.3 is 15.3 Å². The lowest BCUT2D eigenvalue weighted by Crippen LogP contribution is -2.38. The standard InChI is InChI=1S/C12H16N2O2.C2H6.CH4O/c1-8-11(9(2)15)12(16)14(13-8)10-6-4-3-5-7-10;2*1-2/h3-7,9,11-12,15-16H,1-2H3;1-2H3;2H,1H3. The number of aliphatic hydroxyl groups excluding tert-OH is 3. The molecule has 0 saturated carbocycles. The van der Waals surface area contributed by atoms with Crippen LogP contribution in [0.3, 0.4) is 0 Å². The summed E-state index contributed by atoms with van der Waals surface area (Å²) >= 11 is 0. The van der Waals surface area contributed by atoms with Crippen molar-refractivity contribution < 1.29 is 15.3 Å². The van der Waals surface area contributed by atoms with Crippen molar-refractivity contribution in [3.63, 3.8) is 0 Å². The zero-order valence-electron chi connectivity index (χ0n) is 12.9. The van der Waals surface area contributed by atoms with Crippen LogP contribution in [0, 0.1) is 5.92 Å². The number of hydrogen-bond acceptors (Lipinski definition) is 5. The van der Waals surface area contributed by atoms with E-state index in [4.69, 9.17) is 5.11 Å². The third kappa shape index (κ3) is 4.30. The molecule has 1 aliphatic rings. The topological polar surface area (TPSA) is 76.3 Å². The Hall–Kier alpha value is -1.43. The minimum absolute atomic E-state index is 0.319. The van der Waals surface area contributed by atoms with Gasteiger partial charge in [0.25, 0.3) is 0 Å². The molecule has 1 aromatic carbocycles. The zero-order chi connectivity index (χ0) is 15.7. The Bertz CT molecular complexity index is 393. The lowest BCUT2D eigenvalue weighted by atomic mass is 9.98. The first-order valence-corrected chi connectivity index (χ1v) is 6.81. The van der Waals surface area contributed by atoms with E-state index in [2.05, 4.69) is 5.10 Å². The van der Waals surface area contributed by atoms with Crippen molar-refractivity contribution in [3.8, 4) is 0 Å². The molecule has 5 heteroatoms.